The smallest absolute Gasteiger partial charge is 0.135 e. The fourth-order valence-corrected chi connectivity index (χ4v) is 3.83. The molecule has 4 radical (unpaired) electrons. The first-order chi connectivity index (χ1) is 14.1. The van der Waals surface area contributed by atoms with Gasteiger partial charge in [0.15, 0.2) is 0 Å². The molecule has 2 heterocycles. The normalized spacial score (nSPS) is 11.3. The van der Waals surface area contributed by atoms with Gasteiger partial charge in [-0.05, 0) is 41.1 Å². The van der Waals surface area contributed by atoms with E-state index in [1.54, 1.807) is 6.08 Å². The third-order valence-electron chi connectivity index (χ3n) is 5.39. The first kappa shape index (κ1) is 17.7. The molecule has 3 aromatic carbocycles. The van der Waals surface area contributed by atoms with E-state index in [2.05, 4.69) is 6.58 Å². The summed E-state index contributed by atoms with van der Waals surface area (Å²) in [6, 6.07) is 19.7. The summed E-state index contributed by atoms with van der Waals surface area (Å²) in [7, 11) is 12.9. The molecule has 0 aliphatic carbocycles. The fraction of sp³-hybridized carbons (Fsp3) is 0.0400. The number of hydrogen-bond donors (Lipinski definition) is 0. The zero-order valence-corrected chi connectivity index (χ0v) is 16.0. The highest BCUT2D eigenvalue weighted by atomic mass is 16.3. The molecule has 0 N–H and O–H groups in total. The van der Waals surface area contributed by atoms with Crippen molar-refractivity contribution in [1.82, 2.24) is 0 Å². The zero-order valence-electron chi connectivity index (χ0n) is 16.0. The summed E-state index contributed by atoms with van der Waals surface area (Å²) in [5, 5.41) is 1.62. The minimum atomic E-state index is 0.573. The predicted octanol–water partition coefficient (Wildman–Crippen LogP) is 5.05. The third-order valence-corrected chi connectivity index (χ3v) is 5.39. The van der Waals surface area contributed by atoms with E-state index in [4.69, 9.17) is 24.5 Å². The van der Waals surface area contributed by atoms with Gasteiger partial charge in [-0.1, -0.05) is 61.2 Å². The van der Waals surface area contributed by atoms with Gasteiger partial charge < -0.3 is 8.83 Å². The Hall–Kier alpha value is -3.39. The molecule has 0 amide bonds. The second kappa shape index (κ2) is 6.59. The van der Waals surface area contributed by atoms with E-state index in [0.717, 1.165) is 33.0 Å². The highest BCUT2D eigenvalue weighted by Crippen LogP contribution is 2.33. The van der Waals surface area contributed by atoms with Crippen molar-refractivity contribution in [2.24, 2.45) is 0 Å². The van der Waals surface area contributed by atoms with Gasteiger partial charge in [0, 0.05) is 21.9 Å². The number of aryl methyl sites for hydroxylation is 1. The summed E-state index contributed by atoms with van der Waals surface area (Å²) in [6.45, 7) is 5.92. The average Bonchev–Trinajstić information content (AvgIpc) is 3.23. The van der Waals surface area contributed by atoms with E-state index >= 15 is 0 Å². The van der Waals surface area contributed by atoms with Gasteiger partial charge in [0.1, 0.15) is 38.4 Å². The molecule has 0 saturated carbocycles. The number of hydrogen-bond acceptors (Lipinski definition) is 2. The molecule has 0 aliphatic rings. The Balaban J connectivity index is 1.74. The molecule has 0 aliphatic heterocycles. The van der Waals surface area contributed by atoms with Crippen molar-refractivity contribution in [2.45, 2.75) is 6.92 Å². The fourth-order valence-electron chi connectivity index (χ4n) is 3.83. The first-order valence-electron chi connectivity index (χ1n) is 9.40. The van der Waals surface area contributed by atoms with Crippen LogP contribution in [-0.2, 0) is 0 Å². The molecule has 0 fully saturated rings. The van der Waals surface area contributed by atoms with Crippen LogP contribution >= 0.6 is 0 Å². The van der Waals surface area contributed by atoms with Crippen molar-refractivity contribution in [2.75, 3.05) is 0 Å². The van der Waals surface area contributed by atoms with Crippen molar-refractivity contribution >= 4 is 54.6 Å². The van der Waals surface area contributed by atoms with E-state index in [1.165, 1.54) is 0 Å². The molecule has 2 nitrogen and oxygen atoms in total. The Kier molecular flexibility index (Phi) is 4.02. The summed E-state index contributed by atoms with van der Waals surface area (Å²) in [5.74, 6) is 1.29. The van der Waals surface area contributed by atoms with Gasteiger partial charge in [0.25, 0.3) is 0 Å². The molecule has 0 atom stereocenters. The maximum Gasteiger partial charge on any atom is 0.135 e. The van der Waals surface area contributed by atoms with Crippen LogP contribution in [0.4, 0.5) is 0 Å². The lowest BCUT2D eigenvalue weighted by Crippen LogP contribution is -2.04. The number of benzene rings is 3. The van der Waals surface area contributed by atoms with Crippen LogP contribution in [0.3, 0.4) is 0 Å². The van der Waals surface area contributed by atoms with Crippen molar-refractivity contribution in [1.29, 1.82) is 0 Å². The van der Waals surface area contributed by atoms with Gasteiger partial charge in [0.2, 0.25) is 0 Å². The quantitative estimate of drug-likeness (QED) is 0.416. The van der Waals surface area contributed by atoms with E-state index < -0.39 is 0 Å². The van der Waals surface area contributed by atoms with Gasteiger partial charge in [-0.25, -0.2) is 0 Å². The van der Waals surface area contributed by atoms with Gasteiger partial charge in [-0.15, -0.1) is 0 Å². The van der Waals surface area contributed by atoms with Crippen LogP contribution in [0.5, 0.6) is 0 Å². The standard InChI is InChI=1S/C25H16B2O2/c1-3-15-9-5-7-11-17(15)25-23(27)19-13-20-18(12-21(19)29-25)22(26)24(28-20)16-10-6-4-8-14(16)2/h3-13H,1H2,2H3. The maximum absolute atomic E-state index is 6.46. The SMILES string of the molecule is [B]c1c(-c2ccccc2C)oc2cc3c([B])c(-c4ccccc4C=C)oc3cc12. The summed E-state index contributed by atoms with van der Waals surface area (Å²) < 4.78 is 12.3. The van der Waals surface area contributed by atoms with Gasteiger partial charge >= 0.3 is 0 Å². The largest absolute Gasteiger partial charge is 0.457 e. The Morgan fingerprint density at radius 2 is 1.28 bits per heavy atom. The average molecular weight is 370 g/mol. The van der Waals surface area contributed by atoms with E-state index in [0.29, 0.717) is 33.6 Å². The molecule has 29 heavy (non-hydrogen) atoms. The zero-order chi connectivity index (χ0) is 20.1. The topological polar surface area (TPSA) is 26.3 Å². The summed E-state index contributed by atoms with van der Waals surface area (Å²) >= 11 is 0. The first-order valence-corrected chi connectivity index (χ1v) is 9.40. The molecule has 5 aromatic rings. The van der Waals surface area contributed by atoms with Gasteiger partial charge in [-0.2, -0.15) is 0 Å². The van der Waals surface area contributed by atoms with Crippen LogP contribution in [0.2, 0.25) is 0 Å². The Bertz CT molecular complexity index is 1410. The van der Waals surface area contributed by atoms with E-state index in [9.17, 15) is 0 Å². The molecule has 0 bridgehead atoms. The number of furan rings is 2. The Labute approximate surface area is 171 Å². The molecule has 134 valence electrons. The van der Waals surface area contributed by atoms with Crippen molar-refractivity contribution in [3.8, 4) is 22.6 Å². The highest BCUT2D eigenvalue weighted by molar-refractivity contribution is 6.44. The van der Waals surface area contributed by atoms with Crippen LogP contribution in [0.15, 0.2) is 76.1 Å². The summed E-state index contributed by atoms with van der Waals surface area (Å²) in [6.07, 6.45) is 1.79. The van der Waals surface area contributed by atoms with Crippen LogP contribution in [0, 0.1) is 6.92 Å². The number of fused-ring (bicyclic) bond motifs is 2. The molecular weight excluding hydrogens is 354 g/mol. The molecule has 0 saturated heterocycles. The Morgan fingerprint density at radius 3 is 1.86 bits per heavy atom. The van der Waals surface area contributed by atoms with Crippen molar-refractivity contribution in [3.63, 3.8) is 0 Å². The monoisotopic (exact) mass is 370 g/mol. The Morgan fingerprint density at radius 1 is 0.759 bits per heavy atom. The van der Waals surface area contributed by atoms with Crippen molar-refractivity contribution in [3.05, 3.63) is 78.4 Å². The van der Waals surface area contributed by atoms with Crippen LogP contribution < -0.4 is 10.9 Å². The summed E-state index contributed by atoms with van der Waals surface area (Å²) in [5.41, 5.74) is 6.47. The van der Waals surface area contributed by atoms with Crippen LogP contribution in [0.1, 0.15) is 11.1 Å². The number of rotatable bonds is 3. The second-order valence-corrected chi connectivity index (χ2v) is 7.14. The lowest BCUT2D eigenvalue weighted by Gasteiger charge is -2.03. The highest BCUT2D eigenvalue weighted by Gasteiger charge is 2.19. The lowest BCUT2D eigenvalue weighted by atomic mass is 9.87. The molecule has 0 spiro atoms. The predicted molar refractivity (Wildman–Crippen MR) is 122 cm³/mol. The van der Waals surface area contributed by atoms with Crippen molar-refractivity contribution < 1.29 is 8.83 Å². The minimum Gasteiger partial charge on any atom is -0.457 e. The molecule has 2 aromatic heterocycles. The van der Waals surface area contributed by atoms with Gasteiger partial charge in [-0.3, -0.25) is 0 Å². The summed E-state index contributed by atoms with van der Waals surface area (Å²) in [4.78, 5) is 0. The second-order valence-electron chi connectivity index (χ2n) is 7.14. The maximum atomic E-state index is 6.46. The van der Waals surface area contributed by atoms with Crippen LogP contribution in [0.25, 0.3) is 50.7 Å². The molecule has 5 rings (SSSR count). The minimum absolute atomic E-state index is 0.573. The van der Waals surface area contributed by atoms with E-state index in [-0.39, 0.29) is 0 Å². The third kappa shape index (κ3) is 2.67. The molecule has 0 unspecified atom stereocenters. The molecule has 4 heteroatoms. The van der Waals surface area contributed by atoms with Crippen LogP contribution in [-0.4, -0.2) is 15.7 Å². The van der Waals surface area contributed by atoms with E-state index in [1.807, 2.05) is 67.6 Å². The molecular formula is C25H16B2O2. The van der Waals surface area contributed by atoms with Gasteiger partial charge in [0.05, 0.1) is 0 Å². The lowest BCUT2D eigenvalue weighted by molar-refractivity contribution is 0.629.